The standard InChI is InChI=1S/C15H25NO3/c1-2-3-12(15(18)19)9-16-14(17)8-13-7-10-4-5-11(13)6-10/h10-13H,2-9H2,1H3,(H,16,17)(H,18,19). The Labute approximate surface area is 115 Å². The van der Waals surface area contributed by atoms with Crippen LogP contribution in [0.15, 0.2) is 0 Å². The summed E-state index contributed by atoms with van der Waals surface area (Å²) in [6, 6.07) is 0. The molecule has 2 saturated carbocycles. The van der Waals surface area contributed by atoms with E-state index in [2.05, 4.69) is 5.32 Å². The maximum atomic E-state index is 11.9. The Bertz CT molecular complexity index is 342. The van der Waals surface area contributed by atoms with Gasteiger partial charge in [0, 0.05) is 13.0 Å². The quantitative estimate of drug-likeness (QED) is 0.744. The van der Waals surface area contributed by atoms with Crippen molar-refractivity contribution in [1.82, 2.24) is 5.32 Å². The summed E-state index contributed by atoms with van der Waals surface area (Å²) in [6.07, 6.45) is 7.21. The predicted molar refractivity (Wildman–Crippen MR) is 72.6 cm³/mol. The number of nitrogens with one attached hydrogen (secondary N) is 1. The van der Waals surface area contributed by atoms with E-state index in [4.69, 9.17) is 5.11 Å². The molecule has 2 N–H and O–H groups in total. The van der Waals surface area contributed by atoms with Crippen LogP contribution >= 0.6 is 0 Å². The van der Waals surface area contributed by atoms with Crippen LogP contribution in [0.4, 0.5) is 0 Å². The van der Waals surface area contributed by atoms with Crippen LogP contribution in [0.1, 0.15) is 51.9 Å². The van der Waals surface area contributed by atoms with Crippen LogP contribution in [0.3, 0.4) is 0 Å². The highest BCUT2D eigenvalue weighted by atomic mass is 16.4. The minimum atomic E-state index is -0.804. The molecule has 2 bridgehead atoms. The molecular weight excluding hydrogens is 242 g/mol. The van der Waals surface area contributed by atoms with E-state index in [0.29, 0.717) is 18.8 Å². The molecule has 1 amide bonds. The zero-order valence-corrected chi connectivity index (χ0v) is 11.7. The first-order valence-electron chi connectivity index (χ1n) is 7.59. The Morgan fingerprint density at radius 3 is 2.63 bits per heavy atom. The van der Waals surface area contributed by atoms with Gasteiger partial charge >= 0.3 is 5.97 Å². The highest BCUT2D eigenvalue weighted by molar-refractivity contribution is 5.77. The molecule has 0 aromatic rings. The van der Waals surface area contributed by atoms with Crippen LogP contribution in [0.25, 0.3) is 0 Å². The molecule has 2 rings (SSSR count). The van der Waals surface area contributed by atoms with Crippen molar-refractivity contribution < 1.29 is 14.7 Å². The smallest absolute Gasteiger partial charge is 0.308 e. The Kier molecular flexibility index (Phi) is 4.83. The number of carbonyl (C=O) groups is 2. The van der Waals surface area contributed by atoms with Crippen LogP contribution in [-0.4, -0.2) is 23.5 Å². The molecule has 0 saturated heterocycles. The topological polar surface area (TPSA) is 66.4 Å². The summed E-state index contributed by atoms with van der Waals surface area (Å²) < 4.78 is 0. The SMILES string of the molecule is CCCC(CNC(=O)CC1CC2CCC1C2)C(=O)O. The maximum absolute atomic E-state index is 11.9. The molecule has 0 aliphatic heterocycles. The van der Waals surface area contributed by atoms with Crippen LogP contribution in [0.5, 0.6) is 0 Å². The maximum Gasteiger partial charge on any atom is 0.308 e. The third-order valence-corrected chi connectivity index (χ3v) is 4.86. The van der Waals surface area contributed by atoms with E-state index in [9.17, 15) is 9.59 Å². The Hall–Kier alpha value is -1.06. The zero-order valence-electron chi connectivity index (χ0n) is 11.7. The predicted octanol–water partition coefficient (Wildman–Crippen LogP) is 2.43. The molecule has 0 aromatic heterocycles. The van der Waals surface area contributed by atoms with E-state index >= 15 is 0 Å². The minimum absolute atomic E-state index is 0.0416. The van der Waals surface area contributed by atoms with Gasteiger partial charge < -0.3 is 10.4 Å². The van der Waals surface area contributed by atoms with Gasteiger partial charge in [-0.3, -0.25) is 9.59 Å². The van der Waals surface area contributed by atoms with Crippen molar-refractivity contribution in [3.8, 4) is 0 Å². The second-order valence-electron chi connectivity index (χ2n) is 6.27. The lowest BCUT2D eigenvalue weighted by Gasteiger charge is -2.21. The Balaban J connectivity index is 1.70. The highest BCUT2D eigenvalue weighted by Gasteiger charge is 2.40. The molecule has 4 nitrogen and oxygen atoms in total. The molecule has 0 heterocycles. The van der Waals surface area contributed by atoms with Crippen molar-refractivity contribution >= 4 is 11.9 Å². The molecule has 2 fully saturated rings. The van der Waals surface area contributed by atoms with E-state index in [1.807, 2.05) is 6.92 Å². The summed E-state index contributed by atoms with van der Waals surface area (Å²) >= 11 is 0. The molecule has 4 unspecified atom stereocenters. The van der Waals surface area contributed by atoms with Gasteiger partial charge in [0.05, 0.1) is 5.92 Å². The van der Waals surface area contributed by atoms with Gasteiger partial charge in [0.2, 0.25) is 5.91 Å². The van der Waals surface area contributed by atoms with Gasteiger partial charge in [-0.25, -0.2) is 0 Å². The largest absolute Gasteiger partial charge is 0.481 e. The van der Waals surface area contributed by atoms with Crippen molar-refractivity contribution in [2.45, 2.75) is 51.9 Å². The van der Waals surface area contributed by atoms with Crippen molar-refractivity contribution in [2.24, 2.45) is 23.7 Å². The van der Waals surface area contributed by atoms with Crippen molar-refractivity contribution in [3.63, 3.8) is 0 Å². The average molecular weight is 267 g/mol. The van der Waals surface area contributed by atoms with E-state index < -0.39 is 11.9 Å². The lowest BCUT2D eigenvalue weighted by atomic mass is 9.86. The molecule has 2 aliphatic rings. The average Bonchev–Trinajstić information content (AvgIpc) is 2.96. The molecule has 4 heteroatoms. The van der Waals surface area contributed by atoms with Gasteiger partial charge in [-0.2, -0.15) is 0 Å². The van der Waals surface area contributed by atoms with E-state index in [0.717, 1.165) is 18.3 Å². The molecular formula is C15H25NO3. The van der Waals surface area contributed by atoms with Crippen molar-refractivity contribution in [2.75, 3.05) is 6.54 Å². The number of amides is 1. The number of aliphatic carboxylic acids is 1. The van der Waals surface area contributed by atoms with Gasteiger partial charge in [-0.05, 0) is 43.4 Å². The highest BCUT2D eigenvalue weighted by Crippen LogP contribution is 2.49. The van der Waals surface area contributed by atoms with E-state index in [-0.39, 0.29) is 12.5 Å². The first-order valence-corrected chi connectivity index (χ1v) is 7.59. The summed E-state index contributed by atoms with van der Waals surface area (Å²) in [5, 5.41) is 11.9. The number of hydrogen-bond acceptors (Lipinski definition) is 2. The molecule has 0 spiro atoms. The summed E-state index contributed by atoms with van der Waals surface area (Å²) in [6.45, 7) is 2.25. The van der Waals surface area contributed by atoms with Crippen LogP contribution < -0.4 is 5.32 Å². The number of rotatable bonds is 7. The lowest BCUT2D eigenvalue weighted by Crippen LogP contribution is -2.34. The molecule has 0 radical (unpaired) electrons. The Morgan fingerprint density at radius 2 is 2.11 bits per heavy atom. The van der Waals surface area contributed by atoms with Gasteiger partial charge in [0.25, 0.3) is 0 Å². The van der Waals surface area contributed by atoms with E-state index in [1.54, 1.807) is 0 Å². The summed E-state index contributed by atoms with van der Waals surface area (Å²) in [5.74, 6) is 0.959. The van der Waals surface area contributed by atoms with E-state index in [1.165, 1.54) is 25.7 Å². The monoisotopic (exact) mass is 267 g/mol. The number of fused-ring (bicyclic) bond motifs is 2. The first-order chi connectivity index (χ1) is 9.10. The summed E-state index contributed by atoms with van der Waals surface area (Å²) in [4.78, 5) is 22.9. The third kappa shape index (κ3) is 3.71. The fourth-order valence-corrected chi connectivity index (χ4v) is 3.84. The summed E-state index contributed by atoms with van der Waals surface area (Å²) in [7, 11) is 0. The van der Waals surface area contributed by atoms with Crippen LogP contribution in [-0.2, 0) is 9.59 Å². The molecule has 4 atom stereocenters. The van der Waals surface area contributed by atoms with Gasteiger partial charge in [-0.15, -0.1) is 0 Å². The van der Waals surface area contributed by atoms with Crippen molar-refractivity contribution in [3.05, 3.63) is 0 Å². The van der Waals surface area contributed by atoms with Crippen LogP contribution in [0, 0.1) is 23.7 Å². The van der Waals surface area contributed by atoms with Gasteiger partial charge in [-0.1, -0.05) is 19.8 Å². The normalized spacial score (nSPS) is 30.3. The van der Waals surface area contributed by atoms with Gasteiger partial charge in [0.1, 0.15) is 0 Å². The van der Waals surface area contributed by atoms with Crippen molar-refractivity contribution in [1.29, 1.82) is 0 Å². The van der Waals surface area contributed by atoms with Crippen LogP contribution in [0.2, 0.25) is 0 Å². The number of carbonyl (C=O) groups excluding carboxylic acids is 1. The number of hydrogen-bond donors (Lipinski definition) is 2. The third-order valence-electron chi connectivity index (χ3n) is 4.86. The lowest BCUT2D eigenvalue weighted by molar-refractivity contribution is -0.142. The fourth-order valence-electron chi connectivity index (χ4n) is 3.84. The van der Waals surface area contributed by atoms with Gasteiger partial charge in [0.15, 0.2) is 0 Å². The summed E-state index contributed by atoms with van der Waals surface area (Å²) in [5.41, 5.74) is 0. The molecule has 0 aromatic carbocycles. The molecule has 2 aliphatic carbocycles. The molecule has 108 valence electrons. The first kappa shape index (κ1) is 14.4. The second kappa shape index (κ2) is 6.40. The minimum Gasteiger partial charge on any atom is -0.481 e. The second-order valence-corrected chi connectivity index (χ2v) is 6.27. The zero-order chi connectivity index (χ0) is 13.8. The fraction of sp³-hybridized carbons (Fsp3) is 0.867. The number of carboxylic acids is 1. The molecule has 19 heavy (non-hydrogen) atoms. The number of carboxylic acid groups (broad SMARTS) is 1. The Morgan fingerprint density at radius 1 is 1.32 bits per heavy atom.